The van der Waals surface area contributed by atoms with Gasteiger partial charge in [-0.15, -0.1) is 0 Å². The second kappa shape index (κ2) is 7.26. The van der Waals surface area contributed by atoms with Crippen molar-refractivity contribution in [2.75, 3.05) is 31.1 Å². The van der Waals surface area contributed by atoms with Gasteiger partial charge in [0, 0.05) is 19.5 Å². The molecule has 2 fully saturated rings. The lowest BCUT2D eigenvalue weighted by atomic mass is 9.99. The van der Waals surface area contributed by atoms with Crippen molar-refractivity contribution in [3.05, 3.63) is 54.1 Å². The molecule has 158 valence electrons. The molecule has 2 unspecified atom stereocenters. The molecule has 0 aliphatic carbocycles. The summed E-state index contributed by atoms with van der Waals surface area (Å²) in [5, 5.41) is 0.753. The number of thiazole rings is 1. The molecule has 5 rings (SSSR count). The number of hydrogen-bond acceptors (Lipinski definition) is 6. The Morgan fingerprint density at radius 1 is 1.20 bits per heavy atom. The number of aryl methyl sites for hydroxylation is 1. The SMILES string of the molecule is Cc1ccc2nc(N3CCC4(OCCN4S(=O)(=O)c4ccccc4)C(F)C3)sc2c1. The molecule has 0 saturated carbocycles. The van der Waals surface area contributed by atoms with Gasteiger partial charge < -0.3 is 9.64 Å². The second-order valence-electron chi connectivity index (χ2n) is 7.71. The number of nitrogens with zero attached hydrogens (tertiary/aromatic N) is 3. The van der Waals surface area contributed by atoms with Crippen LogP contribution in [0.25, 0.3) is 10.2 Å². The number of rotatable bonds is 3. The maximum absolute atomic E-state index is 15.6. The van der Waals surface area contributed by atoms with E-state index in [-0.39, 0.29) is 31.0 Å². The number of ether oxygens (including phenoxy) is 1. The number of hydrogen-bond donors (Lipinski definition) is 0. The van der Waals surface area contributed by atoms with Gasteiger partial charge in [0.15, 0.2) is 17.0 Å². The number of sulfonamides is 1. The van der Waals surface area contributed by atoms with Crippen LogP contribution >= 0.6 is 11.3 Å². The third-order valence-corrected chi connectivity index (χ3v) is 8.83. The molecule has 3 heterocycles. The first kappa shape index (κ1) is 19.9. The first-order valence-corrected chi connectivity index (χ1v) is 12.1. The van der Waals surface area contributed by atoms with E-state index in [2.05, 4.69) is 11.1 Å². The standard InChI is InChI=1S/C21H22FN3O3S2/c1-15-7-8-17-18(13-15)29-20(23-17)24-10-9-21(19(22)14-24)25(11-12-28-21)30(26,27)16-5-3-2-4-6-16/h2-8,13,19H,9-12,14H2,1H3. The van der Waals surface area contributed by atoms with E-state index in [1.165, 1.54) is 27.8 Å². The molecule has 2 aromatic carbocycles. The first-order chi connectivity index (χ1) is 14.4. The first-order valence-electron chi connectivity index (χ1n) is 9.88. The Labute approximate surface area is 178 Å². The van der Waals surface area contributed by atoms with Gasteiger partial charge in [-0.25, -0.2) is 17.8 Å². The maximum Gasteiger partial charge on any atom is 0.245 e. The van der Waals surface area contributed by atoms with Crippen LogP contribution in [-0.4, -0.2) is 55.8 Å². The monoisotopic (exact) mass is 447 g/mol. The van der Waals surface area contributed by atoms with Crippen LogP contribution in [0.4, 0.5) is 9.52 Å². The van der Waals surface area contributed by atoms with E-state index < -0.39 is 21.9 Å². The minimum Gasteiger partial charge on any atom is -0.355 e. The summed E-state index contributed by atoms with van der Waals surface area (Å²) in [6, 6.07) is 14.2. The van der Waals surface area contributed by atoms with Gasteiger partial charge in [-0.3, -0.25) is 0 Å². The van der Waals surface area contributed by atoms with Gasteiger partial charge in [0.1, 0.15) is 0 Å². The lowest BCUT2D eigenvalue weighted by Crippen LogP contribution is -2.62. The molecule has 0 amide bonds. The van der Waals surface area contributed by atoms with Crippen molar-refractivity contribution in [3.8, 4) is 0 Å². The van der Waals surface area contributed by atoms with Crippen LogP contribution < -0.4 is 4.90 Å². The third-order valence-electron chi connectivity index (χ3n) is 5.81. The topological polar surface area (TPSA) is 62.7 Å². The smallest absolute Gasteiger partial charge is 0.245 e. The minimum atomic E-state index is -3.85. The van der Waals surface area contributed by atoms with Crippen LogP contribution in [0.2, 0.25) is 0 Å². The predicted octanol–water partition coefficient (Wildman–Crippen LogP) is 3.57. The molecule has 0 radical (unpaired) electrons. The van der Waals surface area contributed by atoms with E-state index in [1.807, 2.05) is 24.0 Å². The number of fused-ring (bicyclic) bond motifs is 1. The molecular formula is C21H22FN3O3S2. The van der Waals surface area contributed by atoms with Crippen molar-refractivity contribution in [1.82, 2.24) is 9.29 Å². The highest BCUT2D eigenvalue weighted by atomic mass is 32.2. The van der Waals surface area contributed by atoms with E-state index in [4.69, 9.17) is 4.74 Å². The van der Waals surface area contributed by atoms with E-state index in [9.17, 15) is 8.42 Å². The minimum absolute atomic E-state index is 0.0413. The molecule has 2 atom stereocenters. The molecule has 0 bridgehead atoms. The number of halogens is 1. The summed E-state index contributed by atoms with van der Waals surface area (Å²) in [7, 11) is -3.85. The molecule has 3 aromatic rings. The number of benzene rings is 2. The zero-order valence-electron chi connectivity index (χ0n) is 16.5. The van der Waals surface area contributed by atoms with Crippen LogP contribution in [0.3, 0.4) is 0 Å². The summed E-state index contributed by atoms with van der Waals surface area (Å²) in [4.78, 5) is 6.70. The van der Waals surface area contributed by atoms with Gasteiger partial charge in [-0.05, 0) is 36.8 Å². The molecule has 0 N–H and O–H groups in total. The molecule has 2 aliphatic heterocycles. The number of alkyl halides is 1. The summed E-state index contributed by atoms with van der Waals surface area (Å²) in [6.45, 7) is 2.88. The second-order valence-corrected chi connectivity index (χ2v) is 10.6. The van der Waals surface area contributed by atoms with Crippen molar-refractivity contribution in [1.29, 1.82) is 0 Å². The Balaban J connectivity index is 1.42. The highest BCUT2D eigenvalue weighted by molar-refractivity contribution is 7.89. The Morgan fingerprint density at radius 2 is 2.00 bits per heavy atom. The lowest BCUT2D eigenvalue weighted by Gasteiger charge is -2.44. The van der Waals surface area contributed by atoms with E-state index in [1.54, 1.807) is 18.2 Å². The normalized spacial score (nSPS) is 25.4. The van der Waals surface area contributed by atoms with Gasteiger partial charge in [0.05, 0.1) is 28.3 Å². The number of aromatic nitrogens is 1. The summed E-state index contributed by atoms with van der Waals surface area (Å²) in [5.41, 5.74) is 0.583. The van der Waals surface area contributed by atoms with Crippen LogP contribution in [0.15, 0.2) is 53.4 Å². The lowest BCUT2D eigenvalue weighted by molar-refractivity contribution is -0.116. The van der Waals surface area contributed by atoms with Crippen LogP contribution in [0.1, 0.15) is 12.0 Å². The van der Waals surface area contributed by atoms with Crippen molar-refractivity contribution in [2.45, 2.75) is 30.1 Å². The fourth-order valence-electron chi connectivity index (χ4n) is 4.26. The Hall–Kier alpha value is -2.07. The highest BCUT2D eigenvalue weighted by Gasteiger charge is 2.57. The fourth-order valence-corrected chi connectivity index (χ4v) is 7.10. The quantitative estimate of drug-likeness (QED) is 0.614. The average Bonchev–Trinajstić information content (AvgIpc) is 3.36. The van der Waals surface area contributed by atoms with Crippen LogP contribution in [0, 0.1) is 6.92 Å². The molecule has 9 heteroatoms. The summed E-state index contributed by atoms with van der Waals surface area (Å²) in [5.74, 6) is 0. The Bertz CT molecular complexity index is 1180. The van der Waals surface area contributed by atoms with Gasteiger partial charge in [-0.2, -0.15) is 4.31 Å². The van der Waals surface area contributed by atoms with E-state index in [0.717, 1.165) is 20.9 Å². The zero-order valence-corrected chi connectivity index (χ0v) is 18.1. The fraction of sp³-hybridized carbons (Fsp3) is 0.381. The van der Waals surface area contributed by atoms with Gasteiger partial charge in [0.25, 0.3) is 0 Å². The predicted molar refractivity (Wildman–Crippen MR) is 115 cm³/mol. The molecule has 6 nitrogen and oxygen atoms in total. The molecule has 1 aromatic heterocycles. The van der Waals surface area contributed by atoms with Gasteiger partial charge >= 0.3 is 0 Å². The third kappa shape index (κ3) is 3.11. The van der Waals surface area contributed by atoms with E-state index >= 15 is 4.39 Å². The summed E-state index contributed by atoms with van der Waals surface area (Å²) < 4.78 is 50.1. The van der Waals surface area contributed by atoms with Crippen molar-refractivity contribution < 1.29 is 17.5 Å². The Kier molecular flexibility index (Phi) is 4.81. The Morgan fingerprint density at radius 3 is 2.77 bits per heavy atom. The van der Waals surface area contributed by atoms with Crippen LogP contribution in [0.5, 0.6) is 0 Å². The number of anilines is 1. The summed E-state index contributed by atoms with van der Waals surface area (Å²) in [6.07, 6.45) is -1.24. The van der Waals surface area contributed by atoms with Crippen molar-refractivity contribution in [3.63, 3.8) is 0 Å². The average molecular weight is 448 g/mol. The van der Waals surface area contributed by atoms with Crippen molar-refractivity contribution in [2.24, 2.45) is 0 Å². The molecule has 2 saturated heterocycles. The summed E-state index contributed by atoms with van der Waals surface area (Å²) >= 11 is 1.53. The van der Waals surface area contributed by atoms with Crippen molar-refractivity contribution >= 4 is 36.7 Å². The molecule has 2 aliphatic rings. The maximum atomic E-state index is 15.6. The highest BCUT2D eigenvalue weighted by Crippen LogP contribution is 2.41. The largest absolute Gasteiger partial charge is 0.355 e. The zero-order chi connectivity index (χ0) is 20.9. The van der Waals surface area contributed by atoms with E-state index in [0.29, 0.717) is 6.54 Å². The molecule has 1 spiro atoms. The number of piperidine rings is 1. The van der Waals surface area contributed by atoms with Crippen LogP contribution in [-0.2, 0) is 14.8 Å². The van der Waals surface area contributed by atoms with Gasteiger partial charge in [0.2, 0.25) is 10.0 Å². The van der Waals surface area contributed by atoms with Gasteiger partial charge in [-0.1, -0.05) is 35.6 Å². The molecule has 30 heavy (non-hydrogen) atoms. The molecular weight excluding hydrogens is 425 g/mol.